The van der Waals surface area contributed by atoms with Crippen molar-refractivity contribution in [2.75, 3.05) is 20.0 Å². The summed E-state index contributed by atoms with van der Waals surface area (Å²) in [7, 11) is 3.19. The largest absolute Gasteiger partial charge is 0.497 e. The molecule has 8 heteroatoms. The quantitative estimate of drug-likeness (QED) is 0.652. The Bertz CT molecular complexity index is 868. The Hall–Kier alpha value is -2.61. The highest BCUT2D eigenvalue weighted by atomic mass is 32.2. The highest BCUT2D eigenvalue weighted by Crippen LogP contribution is 2.45. The highest BCUT2D eigenvalue weighted by Gasteiger charge is 2.42. The maximum atomic E-state index is 13.1. The van der Waals surface area contributed by atoms with Gasteiger partial charge in [0.05, 0.1) is 32.8 Å². The number of amides is 2. The first-order valence-electron chi connectivity index (χ1n) is 9.89. The fourth-order valence-corrected chi connectivity index (χ4v) is 4.78. The van der Waals surface area contributed by atoms with Crippen molar-refractivity contribution in [2.24, 2.45) is 5.92 Å². The molecule has 1 aromatic carbocycles. The van der Waals surface area contributed by atoms with Gasteiger partial charge in [-0.25, -0.2) is 0 Å². The fraction of sp³-hybridized carbons (Fsp3) is 0.455. The minimum atomic E-state index is -0.594. The molecule has 0 bridgehead atoms. The number of carbonyl (C=O) groups excluding carboxylic acids is 2. The molecule has 1 aliphatic rings. The van der Waals surface area contributed by atoms with E-state index in [9.17, 15) is 9.59 Å². The Balaban J connectivity index is 1.90. The van der Waals surface area contributed by atoms with Crippen LogP contribution in [0.4, 0.5) is 0 Å². The van der Waals surface area contributed by atoms with Gasteiger partial charge in [0.25, 0.3) is 0 Å². The first-order chi connectivity index (χ1) is 14.4. The number of nitrogens with zero attached hydrogens (tertiary/aromatic N) is 1. The van der Waals surface area contributed by atoms with Crippen LogP contribution >= 0.6 is 11.8 Å². The Kier molecular flexibility index (Phi) is 7.31. The van der Waals surface area contributed by atoms with Crippen LogP contribution in [0.2, 0.25) is 0 Å². The molecular formula is C22H28N2O5S. The second-order valence-electron chi connectivity index (χ2n) is 7.51. The maximum Gasteiger partial charge on any atom is 0.243 e. The van der Waals surface area contributed by atoms with Gasteiger partial charge in [0.2, 0.25) is 11.8 Å². The van der Waals surface area contributed by atoms with Crippen LogP contribution in [0, 0.1) is 5.92 Å². The van der Waals surface area contributed by atoms with Gasteiger partial charge in [0.15, 0.2) is 0 Å². The number of hydrogen-bond acceptors (Lipinski definition) is 6. The zero-order valence-corrected chi connectivity index (χ0v) is 18.5. The number of methoxy groups -OCH3 is 2. The topological polar surface area (TPSA) is 81.0 Å². The molecule has 2 atom stereocenters. The summed E-state index contributed by atoms with van der Waals surface area (Å²) in [4.78, 5) is 27.7. The van der Waals surface area contributed by atoms with Crippen molar-refractivity contribution in [3.05, 3.63) is 47.9 Å². The molecule has 0 spiro atoms. The summed E-state index contributed by atoms with van der Waals surface area (Å²) in [5.41, 5.74) is 0.820. The van der Waals surface area contributed by atoms with E-state index in [1.807, 2.05) is 32.0 Å². The first-order valence-corrected chi connectivity index (χ1v) is 10.9. The smallest absolute Gasteiger partial charge is 0.243 e. The number of thioether (sulfide) groups is 1. The zero-order chi connectivity index (χ0) is 21.7. The Morgan fingerprint density at radius 3 is 2.73 bits per heavy atom. The molecule has 30 heavy (non-hydrogen) atoms. The molecule has 0 radical (unpaired) electrons. The molecule has 1 saturated heterocycles. The second-order valence-corrected chi connectivity index (χ2v) is 8.58. The molecule has 1 aromatic heterocycles. The number of nitrogens with one attached hydrogen (secondary N) is 1. The van der Waals surface area contributed by atoms with Crippen LogP contribution in [0.25, 0.3) is 0 Å². The van der Waals surface area contributed by atoms with E-state index in [2.05, 4.69) is 5.32 Å². The summed E-state index contributed by atoms with van der Waals surface area (Å²) in [5, 5.41) is 2.59. The predicted octanol–water partition coefficient (Wildman–Crippen LogP) is 3.60. The van der Waals surface area contributed by atoms with Crippen molar-refractivity contribution in [3.63, 3.8) is 0 Å². The van der Waals surface area contributed by atoms with E-state index >= 15 is 0 Å². The summed E-state index contributed by atoms with van der Waals surface area (Å²) in [6.07, 6.45) is 2.12. The Morgan fingerprint density at radius 2 is 2.10 bits per heavy atom. The Morgan fingerprint density at radius 1 is 1.30 bits per heavy atom. The number of furan rings is 1. The summed E-state index contributed by atoms with van der Waals surface area (Å²) < 4.78 is 16.2. The van der Waals surface area contributed by atoms with Crippen LogP contribution in [0.5, 0.6) is 11.5 Å². The molecule has 1 aliphatic heterocycles. The van der Waals surface area contributed by atoms with Crippen molar-refractivity contribution in [3.8, 4) is 11.5 Å². The van der Waals surface area contributed by atoms with Crippen LogP contribution in [-0.2, 0) is 16.1 Å². The molecule has 2 unspecified atom stereocenters. The lowest BCUT2D eigenvalue weighted by Gasteiger charge is -2.33. The number of benzene rings is 1. The van der Waals surface area contributed by atoms with Gasteiger partial charge in [0.1, 0.15) is 28.7 Å². The van der Waals surface area contributed by atoms with E-state index in [0.717, 1.165) is 5.56 Å². The van der Waals surface area contributed by atoms with Gasteiger partial charge >= 0.3 is 0 Å². The highest BCUT2D eigenvalue weighted by molar-refractivity contribution is 8.00. The maximum absolute atomic E-state index is 13.1. The third-order valence-electron chi connectivity index (χ3n) is 4.96. The van der Waals surface area contributed by atoms with Crippen molar-refractivity contribution in [2.45, 2.75) is 38.2 Å². The van der Waals surface area contributed by atoms with Crippen molar-refractivity contribution in [1.82, 2.24) is 10.2 Å². The van der Waals surface area contributed by atoms with Crippen molar-refractivity contribution in [1.29, 1.82) is 0 Å². The third kappa shape index (κ3) is 4.92. The monoisotopic (exact) mass is 432 g/mol. The third-order valence-corrected chi connectivity index (χ3v) is 6.17. The molecule has 1 N–H and O–H groups in total. The van der Waals surface area contributed by atoms with Gasteiger partial charge in [-0.05, 0) is 42.7 Å². The minimum absolute atomic E-state index is 0.0614. The van der Waals surface area contributed by atoms with Crippen LogP contribution in [-0.4, -0.2) is 42.7 Å². The standard InChI is InChI=1S/C22H28N2O5S/c1-14(2)10-18(21(26)23-12-16-6-5-9-29-16)24-20(25)13-30-22(24)17-11-15(27-3)7-8-19(17)28-4/h5-9,11,14,18,22H,10,12-13H2,1-4H3,(H,23,26). The lowest BCUT2D eigenvalue weighted by atomic mass is 10.00. The molecule has 0 saturated carbocycles. The van der Waals surface area contributed by atoms with Crippen LogP contribution < -0.4 is 14.8 Å². The van der Waals surface area contributed by atoms with E-state index in [1.165, 1.54) is 11.8 Å². The van der Waals surface area contributed by atoms with Crippen molar-refractivity contribution >= 4 is 23.6 Å². The predicted molar refractivity (Wildman–Crippen MR) is 115 cm³/mol. The van der Waals surface area contributed by atoms with Gasteiger partial charge < -0.3 is 24.1 Å². The number of carbonyl (C=O) groups is 2. The Labute approximate surface area is 181 Å². The normalized spacial score (nSPS) is 17.3. The molecular weight excluding hydrogens is 404 g/mol. The van der Waals surface area contributed by atoms with E-state index in [-0.39, 0.29) is 29.7 Å². The molecule has 0 aliphatic carbocycles. The van der Waals surface area contributed by atoms with Crippen LogP contribution in [0.15, 0.2) is 41.0 Å². The van der Waals surface area contributed by atoms with Crippen LogP contribution in [0.3, 0.4) is 0 Å². The van der Waals surface area contributed by atoms with Gasteiger partial charge in [-0.3, -0.25) is 9.59 Å². The summed E-state index contributed by atoms with van der Waals surface area (Å²) in [6.45, 7) is 4.37. The minimum Gasteiger partial charge on any atom is -0.497 e. The van der Waals surface area contributed by atoms with Crippen molar-refractivity contribution < 1.29 is 23.5 Å². The van der Waals surface area contributed by atoms with E-state index in [4.69, 9.17) is 13.9 Å². The van der Waals surface area contributed by atoms with Crippen LogP contribution in [0.1, 0.15) is 37.0 Å². The van der Waals surface area contributed by atoms with Gasteiger partial charge in [-0.2, -0.15) is 0 Å². The zero-order valence-electron chi connectivity index (χ0n) is 17.7. The van der Waals surface area contributed by atoms with E-state index in [1.54, 1.807) is 37.5 Å². The molecule has 2 amide bonds. The lowest BCUT2D eigenvalue weighted by molar-refractivity contribution is -0.139. The van der Waals surface area contributed by atoms with Gasteiger partial charge in [-0.15, -0.1) is 11.8 Å². The number of ether oxygens (including phenoxy) is 2. The summed E-state index contributed by atoms with van der Waals surface area (Å²) in [5.74, 6) is 2.29. The molecule has 1 fully saturated rings. The lowest BCUT2D eigenvalue weighted by Crippen LogP contribution is -2.49. The molecule has 2 heterocycles. The molecule has 162 valence electrons. The van der Waals surface area contributed by atoms with Gasteiger partial charge in [0, 0.05) is 5.56 Å². The van der Waals surface area contributed by atoms with E-state index in [0.29, 0.717) is 29.4 Å². The number of rotatable bonds is 9. The first kappa shape index (κ1) is 22.1. The van der Waals surface area contributed by atoms with E-state index < -0.39 is 6.04 Å². The summed E-state index contributed by atoms with van der Waals surface area (Å²) in [6, 6.07) is 8.50. The average Bonchev–Trinajstić information content (AvgIpc) is 3.39. The molecule has 7 nitrogen and oxygen atoms in total. The van der Waals surface area contributed by atoms with Gasteiger partial charge in [-0.1, -0.05) is 13.8 Å². The molecule has 2 aromatic rings. The second kappa shape index (κ2) is 9.93. The molecule has 3 rings (SSSR count). The number of hydrogen-bond donors (Lipinski definition) is 1. The average molecular weight is 433 g/mol. The summed E-state index contributed by atoms with van der Waals surface area (Å²) >= 11 is 1.49. The SMILES string of the molecule is COc1ccc(OC)c(C2SCC(=O)N2C(CC(C)C)C(=O)NCc2ccco2)c1. The fourth-order valence-electron chi connectivity index (χ4n) is 3.54.